The van der Waals surface area contributed by atoms with Gasteiger partial charge in [-0.2, -0.15) is 0 Å². The minimum atomic E-state index is 0.237. The highest BCUT2D eigenvalue weighted by atomic mass is 35.5. The Hall–Kier alpha value is -0.0200. The van der Waals surface area contributed by atoms with Gasteiger partial charge < -0.3 is 5.32 Å². The van der Waals surface area contributed by atoms with Crippen molar-refractivity contribution in [3.8, 4) is 0 Å². The molecule has 0 amide bonds. The molecule has 0 unspecified atom stereocenters. The third kappa shape index (κ3) is 1.64. The summed E-state index contributed by atoms with van der Waals surface area (Å²) in [5.74, 6) is 0. The number of pyridine rings is 1. The van der Waals surface area contributed by atoms with Crippen molar-refractivity contribution in [2.75, 3.05) is 6.54 Å². The van der Waals surface area contributed by atoms with Crippen molar-refractivity contribution in [3.63, 3.8) is 0 Å². The van der Waals surface area contributed by atoms with E-state index in [1.165, 1.54) is 6.20 Å². The molecule has 0 radical (unpaired) electrons. The Bertz CT molecular complexity index is 336. The zero-order chi connectivity index (χ0) is 9.42. The Morgan fingerprint density at radius 1 is 1.38 bits per heavy atom. The van der Waals surface area contributed by atoms with Crippen molar-refractivity contribution in [2.24, 2.45) is 0 Å². The number of hydrogen-bond donors (Lipinski definition) is 1. The van der Waals surface area contributed by atoms with E-state index in [1.807, 2.05) is 0 Å². The lowest BCUT2D eigenvalue weighted by Gasteiger charge is -2.29. The van der Waals surface area contributed by atoms with Crippen LogP contribution in [-0.4, -0.2) is 11.5 Å². The van der Waals surface area contributed by atoms with Gasteiger partial charge in [-0.05, 0) is 13.0 Å². The second kappa shape index (κ2) is 3.62. The Morgan fingerprint density at radius 3 is 2.62 bits per heavy atom. The Balaban J connectivity index is 2.46. The minimum Gasteiger partial charge on any atom is -0.310 e. The van der Waals surface area contributed by atoms with Gasteiger partial charge in [0.25, 0.3) is 0 Å². The van der Waals surface area contributed by atoms with Crippen LogP contribution in [0.15, 0.2) is 6.20 Å². The van der Waals surface area contributed by atoms with E-state index in [2.05, 4.69) is 10.3 Å². The van der Waals surface area contributed by atoms with Crippen LogP contribution < -0.4 is 5.32 Å². The zero-order valence-corrected chi connectivity index (χ0v) is 8.92. The van der Waals surface area contributed by atoms with E-state index in [0.29, 0.717) is 15.2 Å². The summed E-state index contributed by atoms with van der Waals surface area (Å²) in [7, 11) is 0. The van der Waals surface area contributed by atoms with Crippen molar-refractivity contribution >= 4 is 34.8 Å². The molecular weight excluding hydrogens is 230 g/mol. The molecule has 0 aromatic carbocycles. The van der Waals surface area contributed by atoms with Crippen LogP contribution in [-0.2, 0) is 0 Å². The fourth-order valence-corrected chi connectivity index (χ4v) is 2.07. The highest BCUT2D eigenvalue weighted by Gasteiger charge is 2.25. The summed E-state index contributed by atoms with van der Waals surface area (Å²) in [4.78, 5) is 3.85. The minimum absolute atomic E-state index is 0.237. The quantitative estimate of drug-likeness (QED) is 0.759. The van der Waals surface area contributed by atoms with Crippen LogP contribution in [0.2, 0.25) is 15.2 Å². The van der Waals surface area contributed by atoms with E-state index in [-0.39, 0.29) is 6.04 Å². The van der Waals surface area contributed by atoms with Gasteiger partial charge in [0.05, 0.1) is 10.0 Å². The summed E-state index contributed by atoms with van der Waals surface area (Å²) < 4.78 is 0. The van der Waals surface area contributed by atoms with Crippen LogP contribution in [0.5, 0.6) is 0 Å². The van der Waals surface area contributed by atoms with Crippen LogP contribution in [0, 0.1) is 0 Å². The van der Waals surface area contributed by atoms with Crippen LogP contribution in [0.4, 0.5) is 0 Å². The molecule has 1 N–H and O–H groups in total. The van der Waals surface area contributed by atoms with Gasteiger partial charge in [0, 0.05) is 17.8 Å². The van der Waals surface area contributed by atoms with Gasteiger partial charge >= 0.3 is 0 Å². The summed E-state index contributed by atoms with van der Waals surface area (Å²) in [5.41, 5.74) is 0.870. The Morgan fingerprint density at radius 2 is 2.08 bits per heavy atom. The van der Waals surface area contributed by atoms with Gasteiger partial charge in [-0.25, -0.2) is 4.98 Å². The highest BCUT2D eigenvalue weighted by Crippen LogP contribution is 2.37. The summed E-state index contributed by atoms with van der Waals surface area (Å²) >= 11 is 17.7. The molecular formula is C8H7Cl3N2. The molecule has 0 bridgehead atoms. The third-order valence-corrected chi connectivity index (χ3v) is 3.21. The normalized spacial score (nSPS) is 21.3. The van der Waals surface area contributed by atoms with E-state index in [4.69, 9.17) is 34.8 Å². The van der Waals surface area contributed by atoms with Crippen LogP contribution >= 0.6 is 34.8 Å². The maximum Gasteiger partial charge on any atom is 0.148 e. The third-order valence-electron chi connectivity index (χ3n) is 2.14. The Labute approximate surface area is 91.2 Å². The van der Waals surface area contributed by atoms with Crippen LogP contribution in [0.3, 0.4) is 0 Å². The van der Waals surface area contributed by atoms with E-state index in [0.717, 1.165) is 18.5 Å². The van der Waals surface area contributed by atoms with Crippen molar-refractivity contribution in [3.05, 3.63) is 27.0 Å². The predicted octanol–water partition coefficient (Wildman–Crippen LogP) is 3.08. The standard InChI is InChI=1S/C8H7Cl3N2/c9-4-3-13-8(11)7(10)6(4)5-1-2-12-5/h3,5,12H,1-2H2/t5-/m1/s1. The average molecular weight is 238 g/mol. The maximum atomic E-state index is 5.99. The lowest BCUT2D eigenvalue weighted by molar-refractivity contribution is 0.383. The monoisotopic (exact) mass is 236 g/mol. The molecule has 1 aromatic heterocycles. The van der Waals surface area contributed by atoms with Crippen molar-refractivity contribution in [1.29, 1.82) is 0 Å². The van der Waals surface area contributed by atoms with Crippen LogP contribution in [0.1, 0.15) is 18.0 Å². The van der Waals surface area contributed by atoms with E-state index in [1.54, 1.807) is 0 Å². The summed E-state index contributed by atoms with van der Waals surface area (Å²) in [5, 5.41) is 4.57. The maximum absolute atomic E-state index is 5.99. The first-order chi connectivity index (χ1) is 6.20. The molecule has 0 spiro atoms. The highest BCUT2D eigenvalue weighted by molar-refractivity contribution is 6.43. The SMILES string of the molecule is Clc1cnc(Cl)c(Cl)c1[C@H]1CCN1. The molecule has 1 aliphatic rings. The summed E-state index contributed by atoms with van der Waals surface area (Å²) in [6.45, 7) is 0.997. The molecule has 70 valence electrons. The lowest BCUT2D eigenvalue weighted by atomic mass is 9.99. The molecule has 2 rings (SSSR count). The van der Waals surface area contributed by atoms with Crippen molar-refractivity contribution in [1.82, 2.24) is 10.3 Å². The molecule has 2 heterocycles. The Kier molecular flexibility index (Phi) is 2.65. The topological polar surface area (TPSA) is 24.9 Å². The lowest BCUT2D eigenvalue weighted by Crippen LogP contribution is -2.35. The molecule has 1 fully saturated rings. The molecule has 0 saturated carbocycles. The molecule has 2 nitrogen and oxygen atoms in total. The predicted molar refractivity (Wildman–Crippen MR) is 54.6 cm³/mol. The first-order valence-electron chi connectivity index (χ1n) is 3.93. The number of hydrogen-bond acceptors (Lipinski definition) is 2. The number of halogens is 3. The first-order valence-corrected chi connectivity index (χ1v) is 5.06. The fourth-order valence-electron chi connectivity index (χ4n) is 1.31. The summed E-state index contributed by atoms with van der Waals surface area (Å²) in [6.07, 6.45) is 2.57. The molecule has 5 heteroatoms. The molecule has 1 atom stereocenters. The smallest absolute Gasteiger partial charge is 0.148 e. The van der Waals surface area contributed by atoms with Gasteiger partial charge in [0.1, 0.15) is 5.15 Å². The fraction of sp³-hybridized carbons (Fsp3) is 0.375. The number of nitrogens with one attached hydrogen (secondary N) is 1. The van der Waals surface area contributed by atoms with Gasteiger partial charge in [-0.15, -0.1) is 0 Å². The van der Waals surface area contributed by atoms with Gasteiger partial charge in [-0.1, -0.05) is 34.8 Å². The van der Waals surface area contributed by atoms with Crippen LogP contribution in [0.25, 0.3) is 0 Å². The second-order valence-electron chi connectivity index (χ2n) is 2.92. The van der Waals surface area contributed by atoms with Gasteiger partial charge in [0.15, 0.2) is 0 Å². The average Bonchev–Trinajstić information content (AvgIpc) is 2.02. The number of rotatable bonds is 1. The summed E-state index contributed by atoms with van der Waals surface area (Å²) in [6, 6.07) is 0.237. The molecule has 1 aliphatic heterocycles. The first kappa shape index (κ1) is 9.53. The van der Waals surface area contributed by atoms with E-state index in [9.17, 15) is 0 Å². The number of aromatic nitrogens is 1. The molecule has 13 heavy (non-hydrogen) atoms. The van der Waals surface area contributed by atoms with E-state index < -0.39 is 0 Å². The zero-order valence-electron chi connectivity index (χ0n) is 6.65. The van der Waals surface area contributed by atoms with Crippen molar-refractivity contribution < 1.29 is 0 Å². The molecule has 0 aliphatic carbocycles. The van der Waals surface area contributed by atoms with E-state index >= 15 is 0 Å². The van der Waals surface area contributed by atoms with Crippen molar-refractivity contribution in [2.45, 2.75) is 12.5 Å². The van der Waals surface area contributed by atoms with Gasteiger partial charge in [0.2, 0.25) is 0 Å². The molecule has 1 aromatic rings. The number of nitrogens with zero attached hydrogens (tertiary/aromatic N) is 1. The second-order valence-corrected chi connectivity index (χ2v) is 4.06. The van der Waals surface area contributed by atoms with Gasteiger partial charge in [-0.3, -0.25) is 0 Å². The largest absolute Gasteiger partial charge is 0.310 e. The molecule has 1 saturated heterocycles.